The molecule has 0 atom stereocenters. The van der Waals surface area contributed by atoms with Crippen LogP contribution in [0.5, 0.6) is 0 Å². The van der Waals surface area contributed by atoms with Gasteiger partial charge in [-0.3, -0.25) is 14.9 Å². The minimum atomic E-state index is -1.19. The van der Waals surface area contributed by atoms with Crippen LogP contribution in [0.3, 0.4) is 0 Å². The van der Waals surface area contributed by atoms with E-state index < -0.39 is 16.8 Å². The van der Waals surface area contributed by atoms with E-state index in [4.69, 9.17) is 5.11 Å². The van der Waals surface area contributed by atoms with Crippen LogP contribution in [-0.2, 0) is 4.79 Å². The van der Waals surface area contributed by atoms with Gasteiger partial charge in [0, 0.05) is 12.1 Å². The number of nitrogens with one attached hydrogen (secondary N) is 1. The molecule has 0 aromatic heterocycles. The molecule has 0 fully saturated rings. The van der Waals surface area contributed by atoms with Gasteiger partial charge in [0.15, 0.2) is 0 Å². The van der Waals surface area contributed by atoms with Crippen molar-refractivity contribution in [3.63, 3.8) is 0 Å². The lowest BCUT2D eigenvalue weighted by Gasteiger charge is -2.08. The van der Waals surface area contributed by atoms with Crippen LogP contribution < -0.4 is 5.32 Å². The van der Waals surface area contributed by atoms with Gasteiger partial charge in [0.05, 0.1) is 16.2 Å². The SMILES string of the molecule is Cc1ccc([N+](=O)[O-])cc1NC(=O)/C(C#N)=C/c1ccccc1C(=O)O. The minimum absolute atomic E-state index is 0.0559. The summed E-state index contributed by atoms with van der Waals surface area (Å²) < 4.78 is 0. The number of benzene rings is 2. The zero-order chi connectivity index (χ0) is 19.3. The predicted octanol–water partition coefficient (Wildman–Crippen LogP) is 3.15. The number of nitro groups is 1. The zero-order valence-corrected chi connectivity index (χ0v) is 13.6. The Kier molecular flexibility index (Phi) is 5.45. The summed E-state index contributed by atoms with van der Waals surface area (Å²) in [6, 6.07) is 11.6. The van der Waals surface area contributed by atoms with Crippen molar-refractivity contribution in [2.45, 2.75) is 6.92 Å². The number of carbonyl (C=O) groups is 2. The number of aryl methyl sites for hydroxylation is 1. The van der Waals surface area contributed by atoms with Crippen LogP contribution in [0.25, 0.3) is 6.08 Å². The Bertz CT molecular complexity index is 973. The van der Waals surface area contributed by atoms with Crippen LogP contribution in [-0.4, -0.2) is 21.9 Å². The van der Waals surface area contributed by atoms with Crippen LogP contribution in [0.4, 0.5) is 11.4 Å². The fourth-order valence-corrected chi connectivity index (χ4v) is 2.17. The van der Waals surface area contributed by atoms with Crippen LogP contribution >= 0.6 is 0 Å². The van der Waals surface area contributed by atoms with Gasteiger partial charge in [0.2, 0.25) is 0 Å². The quantitative estimate of drug-likeness (QED) is 0.368. The highest BCUT2D eigenvalue weighted by Gasteiger charge is 2.15. The lowest BCUT2D eigenvalue weighted by atomic mass is 10.0. The van der Waals surface area contributed by atoms with Gasteiger partial charge in [-0.05, 0) is 30.2 Å². The molecule has 0 bridgehead atoms. The Hall–Kier alpha value is -3.99. The van der Waals surface area contributed by atoms with Crippen molar-refractivity contribution in [2.75, 3.05) is 5.32 Å². The van der Waals surface area contributed by atoms with E-state index in [2.05, 4.69) is 5.32 Å². The first kappa shape index (κ1) is 18.4. The number of anilines is 1. The number of nitriles is 1. The first-order valence-corrected chi connectivity index (χ1v) is 7.34. The third-order valence-corrected chi connectivity index (χ3v) is 3.54. The van der Waals surface area contributed by atoms with Crippen LogP contribution in [0.15, 0.2) is 48.0 Å². The fraction of sp³-hybridized carbons (Fsp3) is 0.0556. The van der Waals surface area contributed by atoms with E-state index in [1.165, 1.54) is 36.4 Å². The summed E-state index contributed by atoms with van der Waals surface area (Å²) in [5.74, 6) is -1.99. The van der Waals surface area contributed by atoms with Gasteiger partial charge in [-0.2, -0.15) is 5.26 Å². The molecule has 0 unspecified atom stereocenters. The molecule has 8 heteroatoms. The van der Waals surface area contributed by atoms with Gasteiger partial charge >= 0.3 is 5.97 Å². The van der Waals surface area contributed by atoms with Crippen molar-refractivity contribution in [1.82, 2.24) is 0 Å². The molecule has 0 saturated heterocycles. The Morgan fingerprint density at radius 3 is 2.58 bits per heavy atom. The summed E-state index contributed by atoms with van der Waals surface area (Å²) >= 11 is 0. The first-order valence-electron chi connectivity index (χ1n) is 7.34. The largest absolute Gasteiger partial charge is 0.478 e. The summed E-state index contributed by atoms with van der Waals surface area (Å²) in [5, 5.41) is 31.7. The fourth-order valence-electron chi connectivity index (χ4n) is 2.17. The predicted molar refractivity (Wildman–Crippen MR) is 93.5 cm³/mol. The molecule has 0 heterocycles. The molecule has 0 saturated carbocycles. The first-order chi connectivity index (χ1) is 12.3. The van der Waals surface area contributed by atoms with Gasteiger partial charge in [-0.25, -0.2) is 4.79 Å². The smallest absolute Gasteiger partial charge is 0.336 e. The van der Waals surface area contributed by atoms with Gasteiger partial charge in [0.25, 0.3) is 11.6 Å². The Balaban J connectivity index is 2.37. The average molecular weight is 351 g/mol. The summed E-state index contributed by atoms with van der Waals surface area (Å²) in [6.45, 7) is 1.65. The molecule has 0 aliphatic heterocycles. The van der Waals surface area contributed by atoms with Crippen LogP contribution in [0, 0.1) is 28.4 Å². The lowest BCUT2D eigenvalue weighted by Crippen LogP contribution is -2.14. The molecule has 2 aromatic carbocycles. The van der Waals surface area contributed by atoms with Crippen molar-refractivity contribution in [1.29, 1.82) is 5.26 Å². The number of rotatable bonds is 5. The second-order valence-electron chi connectivity index (χ2n) is 5.27. The van der Waals surface area contributed by atoms with Crippen molar-refractivity contribution in [2.24, 2.45) is 0 Å². The standard InChI is InChI=1S/C18H13N3O5/c1-11-6-7-14(21(25)26)9-16(11)20-17(22)13(10-19)8-12-4-2-3-5-15(12)18(23)24/h2-9H,1H3,(H,20,22)(H,23,24)/b13-8+. The van der Waals surface area contributed by atoms with Crippen molar-refractivity contribution in [3.8, 4) is 6.07 Å². The molecule has 0 radical (unpaired) electrons. The summed E-state index contributed by atoms with van der Waals surface area (Å²) in [6.07, 6.45) is 1.16. The Labute approximate surface area is 148 Å². The topological polar surface area (TPSA) is 133 Å². The van der Waals surface area contributed by atoms with E-state index in [-0.39, 0.29) is 28.1 Å². The highest BCUT2D eigenvalue weighted by molar-refractivity contribution is 6.10. The summed E-state index contributed by atoms with van der Waals surface area (Å²) in [5.41, 5.74) is 0.375. The number of nitrogens with zero attached hydrogens (tertiary/aromatic N) is 2. The molecule has 2 aromatic rings. The number of non-ortho nitro benzene ring substituents is 1. The molecule has 130 valence electrons. The monoisotopic (exact) mass is 351 g/mol. The highest BCUT2D eigenvalue weighted by atomic mass is 16.6. The van der Waals surface area contributed by atoms with Crippen molar-refractivity contribution < 1.29 is 19.6 Å². The second-order valence-corrected chi connectivity index (χ2v) is 5.27. The van der Waals surface area contributed by atoms with E-state index >= 15 is 0 Å². The molecule has 26 heavy (non-hydrogen) atoms. The molecule has 2 rings (SSSR count). The van der Waals surface area contributed by atoms with Crippen LogP contribution in [0.1, 0.15) is 21.5 Å². The van der Waals surface area contributed by atoms with E-state index in [0.717, 1.165) is 6.08 Å². The maximum atomic E-state index is 12.3. The number of hydrogen-bond acceptors (Lipinski definition) is 5. The van der Waals surface area contributed by atoms with Gasteiger partial charge < -0.3 is 10.4 Å². The lowest BCUT2D eigenvalue weighted by molar-refractivity contribution is -0.384. The van der Waals surface area contributed by atoms with E-state index in [1.54, 1.807) is 19.1 Å². The maximum absolute atomic E-state index is 12.3. The zero-order valence-electron chi connectivity index (χ0n) is 13.6. The molecular formula is C18H13N3O5. The van der Waals surface area contributed by atoms with Crippen molar-refractivity contribution in [3.05, 3.63) is 74.8 Å². The second kappa shape index (κ2) is 7.72. The maximum Gasteiger partial charge on any atom is 0.336 e. The van der Waals surface area contributed by atoms with Gasteiger partial charge in [-0.1, -0.05) is 24.3 Å². The third kappa shape index (κ3) is 4.10. The summed E-state index contributed by atoms with van der Waals surface area (Å²) in [4.78, 5) is 33.8. The molecular weight excluding hydrogens is 338 g/mol. The van der Waals surface area contributed by atoms with E-state index in [1.807, 2.05) is 0 Å². The van der Waals surface area contributed by atoms with E-state index in [9.17, 15) is 25.0 Å². The minimum Gasteiger partial charge on any atom is -0.478 e. The Morgan fingerprint density at radius 2 is 1.96 bits per heavy atom. The molecule has 0 aliphatic rings. The Morgan fingerprint density at radius 1 is 1.27 bits per heavy atom. The van der Waals surface area contributed by atoms with Gasteiger partial charge in [-0.15, -0.1) is 0 Å². The number of nitro benzene ring substituents is 1. The number of hydrogen-bond donors (Lipinski definition) is 2. The third-order valence-electron chi connectivity index (χ3n) is 3.54. The van der Waals surface area contributed by atoms with Crippen molar-refractivity contribution >= 4 is 29.3 Å². The number of carboxylic acids is 1. The molecule has 0 spiro atoms. The molecule has 2 N–H and O–H groups in total. The van der Waals surface area contributed by atoms with E-state index in [0.29, 0.717) is 5.56 Å². The number of carbonyl (C=O) groups excluding carboxylic acids is 1. The molecule has 8 nitrogen and oxygen atoms in total. The summed E-state index contributed by atoms with van der Waals surface area (Å²) in [7, 11) is 0. The highest BCUT2D eigenvalue weighted by Crippen LogP contribution is 2.23. The van der Waals surface area contributed by atoms with Crippen LogP contribution in [0.2, 0.25) is 0 Å². The number of aromatic carboxylic acids is 1. The average Bonchev–Trinajstić information content (AvgIpc) is 2.61. The number of amides is 1. The molecule has 1 amide bonds. The molecule has 0 aliphatic carbocycles. The normalized spacial score (nSPS) is 10.7. The number of carboxylic acid groups (broad SMARTS) is 1. The van der Waals surface area contributed by atoms with Gasteiger partial charge in [0.1, 0.15) is 11.6 Å².